The third-order valence-corrected chi connectivity index (χ3v) is 2.36. The van der Waals surface area contributed by atoms with E-state index in [9.17, 15) is 9.59 Å². The minimum absolute atomic E-state index is 0.180. The molecule has 1 aliphatic rings. The van der Waals surface area contributed by atoms with E-state index in [0.717, 1.165) is 0 Å². The van der Waals surface area contributed by atoms with E-state index in [4.69, 9.17) is 5.73 Å². The molecule has 0 atom stereocenters. The summed E-state index contributed by atoms with van der Waals surface area (Å²) in [6, 6.07) is 0. The number of carbonyl (C=O) groups excluding carboxylic acids is 2. The number of nitrogens with zero attached hydrogens (tertiary/aromatic N) is 2. The molecule has 8 heteroatoms. The second-order valence-corrected chi connectivity index (χ2v) is 3.59. The van der Waals surface area contributed by atoms with Crippen molar-refractivity contribution >= 4 is 23.3 Å². The molecule has 1 aromatic heterocycles. The van der Waals surface area contributed by atoms with Crippen molar-refractivity contribution in [3.63, 3.8) is 0 Å². The Balaban J connectivity index is 1.90. The number of hydrogen-bond acceptors (Lipinski definition) is 5. The van der Waals surface area contributed by atoms with E-state index in [1.54, 1.807) is 6.20 Å². The fourth-order valence-electron chi connectivity index (χ4n) is 1.38. The zero-order chi connectivity index (χ0) is 12.3. The number of hydrogen-bond donors (Lipinski definition) is 4. The first-order chi connectivity index (χ1) is 8.16. The molecular formula is C9H12N6O2. The number of H-pyrrole nitrogens is 1. The molecule has 2 rings (SSSR count). The van der Waals surface area contributed by atoms with Gasteiger partial charge in [0.25, 0.3) is 5.91 Å². The lowest BCUT2D eigenvalue weighted by Gasteiger charge is -2.11. The van der Waals surface area contributed by atoms with E-state index < -0.39 is 0 Å². The summed E-state index contributed by atoms with van der Waals surface area (Å²) in [4.78, 5) is 22.5. The predicted octanol–water partition coefficient (Wildman–Crippen LogP) is -1.13. The van der Waals surface area contributed by atoms with Gasteiger partial charge in [-0.25, -0.2) is 5.43 Å². The Labute approximate surface area is 96.6 Å². The average Bonchev–Trinajstić information content (AvgIpc) is 2.73. The molecule has 0 saturated heterocycles. The first kappa shape index (κ1) is 11.1. The number of nitrogens with one attached hydrogen (secondary N) is 3. The highest BCUT2D eigenvalue weighted by Gasteiger charge is 2.18. The zero-order valence-corrected chi connectivity index (χ0v) is 8.99. The van der Waals surface area contributed by atoms with Crippen LogP contribution in [-0.4, -0.2) is 27.7 Å². The molecule has 0 aliphatic carbocycles. The maximum absolute atomic E-state index is 11.6. The van der Waals surface area contributed by atoms with Gasteiger partial charge in [0.1, 0.15) is 11.5 Å². The summed E-state index contributed by atoms with van der Waals surface area (Å²) in [5.41, 5.74) is 8.85. The topological polar surface area (TPSA) is 125 Å². The summed E-state index contributed by atoms with van der Waals surface area (Å²) in [7, 11) is 0. The predicted molar refractivity (Wildman–Crippen MR) is 59.7 cm³/mol. The number of rotatable bonds is 3. The Bertz CT molecular complexity index is 478. The number of aromatic nitrogens is 2. The molecule has 0 unspecified atom stereocenters. The fraction of sp³-hybridized carbons (Fsp3) is 0.333. The van der Waals surface area contributed by atoms with Crippen LogP contribution in [0, 0.1) is 0 Å². The molecule has 0 aromatic carbocycles. The Morgan fingerprint density at radius 3 is 2.94 bits per heavy atom. The van der Waals surface area contributed by atoms with Crippen molar-refractivity contribution in [1.29, 1.82) is 0 Å². The van der Waals surface area contributed by atoms with E-state index >= 15 is 0 Å². The molecule has 2 amide bonds. The summed E-state index contributed by atoms with van der Waals surface area (Å²) in [6.07, 6.45) is 2.17. The molecule has 1 aliphatic heterocycles. The normalized spacial score (nSPS) is 15.1. The van der Waals surface area contributed by atoms with Crippen LogP contribution in [0.5, 0.6) is 0 Å². The Hall–Kier alpha value is -2.38. The van der Waals surface area contributed by atoms with Gasteiger partial charge >= 0.3 is 0 Å². The number of anilines is 1. The van der Waals surface area contributed by atoms with Gasteiger partial charge in [0.15, 0.2) is 0 Å². The SMILES string of the molecule is Nc1[nH]ncc1CNC(=O)C1=NNC(=O)CC1. The maximum Gasteiger partial charge on any atom is 0.267 e. The smallest absolute Gasteiger partial charge is 0.267 e. The molecule has 90 valence electrons. The minimum Gasteiger partial charge on any atom is -0.384 e. The number of hydrazone groups is 1. The number of amides is 2. The Morgan fingerprint density at radius 1 is 1.53 bits per heavy atom. The van der Waals surface area contributed by atoms with Crippen LogP contribution in [0.2, 0.25) is 0 Å². The molecular weight excluding hydrogens is 224 g/mol. The van der Waals surface area contributed by atoms with Gasteiger partial charge in [-0.2, -0.15) is 10.2 Å². The van der Waals surface area contributed by atoms with Gasteiger partial charge in [0.2, 0.25) is 5.91 Å². The number of nitrogens with two attached hydrogens (primary N) is 1. The van der Waals surface area contributed by atoms with Crippen molar-refractivity contribution in [3.05, 3.63) is 11.8 Å². The third-order valence-electron chi connectivity index (χ3n) is 2.36. The first-order valence-corrected chi connectivity index (χ1v) is 5.08. The van der Waals surface area contributed by atoms with Gasteiger partial charge in [0, 0.05) is 24.9 Å². The number of nitrogen functional groups attached to an aromatic ring is 1. The molecule has 0 saturated carbocycles. The van der Waals surface area contributed by atoms with Crippen molar-refractivity contribution < 1.29 is 9.59 Å². The van der Waals surface area contributed by atoms with Crippen molar-refractivity contribution in [2.75, 3.05) is 5.73 Å². The number of carbonyl (C=O) groups is 2. The highest BCUT2D eigenvalue weighted by Crippen LogP contribution is 2.05. The molecule has 0 fully saturated rings. The van der Waals surface area contributed by atoms with Crippen LogP contribution in [0.15, 0.2) is 11.3 Å². The summed E-state index contributed by atoms with van der Waals surface area (Å²) >= 11 is 0. The van der Waals surface area contributed by atoms with Gasteiger partial charge in [-0.15, -0.1) is 0 Å². The van der Waals surface area contributed by atoms with Gasteiger partial charge in [-0.05, 0) is 0 Å². The zero-order valence-electron chi connectivity index (χ0n) is 8.99. The summed E-state index contributed by atoms with van der Waals surface area (Å²) in [5.74, 6) is -0.0737. The molecule has 2 heterocycles. The highest BCUT2D eigenvalue weighted by atomic mass is 16.2. The lowest BCUT2D eigenvalue weighted by molar-refractivity contribution is -0.121. The van der Waals surface area contributed by atoms with Crippen LogP contribution < -0.4 is 16.5 Å². The van der Waals surface area contributed by atoms with Crippen LogP contribution in [0.25, 0.3) is 0 Å². The number of aromatic amines is 1. The van der Waals surface area contributed by atoms with E-state index in [1.165, 1.54) is 0 Å². The molecule has 1 aromatic rings. The summed E-state index contributed by atoms with van der Waals surface area (Å²) in [5, 5.41) is 12.6. The Morgan fingerprint density at radius 2 is 2.35 bits per heavy atom. The van der Waals surface area contributed by atoms with Crippen molar-refractivity contribution in [1.82, 2.24) is 20.9 Å². The summed E-state index contributed by atoms with van der Waals surface area (Å²) < 4.78 is 0. The van der Waals surface area contributed by atoms with E-state index in [0.29, 0.717) is 23.5 Å². The van der Waals surface area contributed by atoms with Crippen LogP contribution >= 0.6 is 0 Å². The van der Waals surface area contributed by atoms with E-state index in [1.807, 2.05) is 0 Å². The molecule has 0 radical (unpaired) electrons. The molecule has 0 spiro atoms. The molecule has 0 bridgehead atoms. The van der Waals surface area contributed by atoms with Gasteiger partial charge in [0.05, 0.1) is 6.20 Å². The van der Waals surface area contributed by atoms with Crippen LogP contribution in [0.4, 0.5) is 5.82 Å². The highest BCUT2D eigenvalue weighted by molar-refractivity contribution is 6.39. The minimum atomic E-state index is -0.314. The quantitative estimate of drug-likeness (QED) is 0.530. The van der Waals surface area contributed by atoms with Crippen molar-refractivity contribution in [2.45, 2.75) is 19.4 Å². The summed E-state index contributed by atoms with van der Waals surface area (Å²) in [6.45, 7) is 0.272. The van der Waals surface area contributed by atoms with Crippen molar-refractivity contribution in [2.24, 2.45) is 5.10 Å². The van der Waals surface area contributed by atoms with E-state index in [-0.39, 0.29) is 24.8 Å². The lowest BCUT2D eigenvalue weighted by Crippen LogP contribution is -2.36. The van der Waals surface area contributed by atoms with E-state index in [2.05, 4.69) is 26.0 Å². The van der Waals surface area contributed by atoms with Crippen LogP contribution in [-0.2, 0) is 16.1 Å². The monoisotopic (exact) mass is 236 g/mol. The van der Waals surface area contributed by atoms with Gasteiger partial charge in [-0.1, -0.05) is 0 Å². The first-order valence-electron chi connectivity index (χ1n) is 5.08. The molecule has 17 heavy (non-hydrogen) atoms. The Kier molecular flexibility index (Phi) is 3.03. The second-order valence-electron chi connectivity index (χ2n) is 3.59. The van der Waals surface area contributed by atoms with Crippen LogP contribution in [0.3, 0.4) is 0 Å². The van der Waals surface area contributed by atoms with Crippen molar-refractivity contribution in [3.8, 4) is 0 Å². The second kappa shape index (κ2) is 4.64. The molecule has 5 N–H and O–H groups in total. The average molecular weight is 236 g/mol. The van der Waals surface area contributed by atoms with Gasteiger partial charge < -0.3 is 11.1 Å². The standard InChI is InChI=1S/C9H12N6O2/c10-8-5(4-12-15-8)3-11-9(17)6-1-2-7(16)14-13-6/h4H,1-3H2,(H,11,17)(H,14,16)(H3,10,12,15). The maximum atomic E-state index is 11.6. The molecule has 8 nitrogen and oxygen atoms in total. The van der Waals surface area contributed by atoms with Crippen LogP contribution in [0.1, 0.15) is 18.4 Å². The lowest BCUT2D eigenvalue weighted by atomic mass is 10.1. The fourth-order valence-corrected chi connectivity index (χ4v) is 1.38. The third kappa shape index (κ3) is 2.60. The largest absolute Gasteiger partial charge is 0.384 e. The van der Waals surface area contributed by atoms with Gasteiger partial charge in [-0.3, -0.25) is 14.7 Å².